The van der Waals surface area contributed by atoms with Crippen LogP contribution in [0.4, 0.5) is 0 Å². The van der Waals surface area contributed by atoms with E-state index in [1.54, 1.807) is 14.3 Å². The zero-order chi connectivity index (χ0) is 30.6. The molecule has 7 heteroatoms. The average Bonchev–Trinajstić information content (AvgIpc) is 2.86. The van der Waals surface area contributed by atoms with Crippen molar-refractivity contribution in [3.8, 4) is 0 Å². The highest BCUT2D eigenvalue weighted by Crippen LogP contribution is 2.50. The summed E-state index contributed by atoms with van der Waals surface area (Å²) in [5.41, 5.74) is -2.35. The van der Waals surface area contributed by atoms with Crippen molar-refractivity contribution in [2.45, 2.75) is 145 Å². The second-order valence-electron chi connectivity index (χ2n) is 14.3. The van der Waals surface area contributed by atoms with Crippen molar-refractivity contribution >= 4 is 24.7 Å². The molecule has 0 bridgehead atoms. The van der Waals surface area contributed by atoms with E-state index in [1.807, 2.05) is 13.8 Å². The maximum absolute atomic E-state index is 14.1. The van der Waals surface area contributed by atoms with Crippen LogP contribution in [-0.4, -0.2) is 71.3 Å². The van der Waals surface area contributed by atoms with Gasteiger partial charge in [0.15, 0.2) is 0 Å². The molecule has 225 valence electrons. The second kappa shape index (κ2) is 13.3. The zero-order valence-corrected chi connectivity index (χ0v) is 28.0. The summed E-state index contributed by atoms with van der Waals surface area (Å²) in [6.07, 6.45) is 4.70. The molecule has 1 radical (unpaired) electrons. The number of carbonyl (C=O) groups excluding carboxylic acids is 3. The van der Waals surface area contributed by atoms with Crippen molar-refractivity contribution in [3.05, 3.63) is 0 Å². The molecule has 0 spiro atoms. The molecule has 4 atom stereocenters. The Morgan fingerprint density at radius 1 is 0.949 bits per heavy atom. The van der Waals surface area contributed by atoms with E-state index in [0.717, 1.165) is 25.7 Å². The van der Waals surface area contributed by atoms with Gasteiger partial charge in [-0.25, -0.2) is 0 Å². The van der Waals surface area contributed by atoms with Gasteiger partial charge < -0.3 is 10.0 Å². The Kier molecular flexibility index (Phi) is 12.3. The third-order valence-electron chi connectivity index (χ3n) is 10.9. The number of rotatable bonds is 14. The summed E-state index contributed by atoms with van der Waals surface area (Å²) in [5.74, 6) is 0.501. The molecular formula is C32H61BN3O3. The minimum Gasteiger partial charge on any atom is -0.342 e. The van der Waals surface area contributed by atoms with Crippen molar-refractivity contribution in [2.24, 2.45) is 22.7 Å². The molecule has 0 aromatic heterocycles. The average molecular weight is 547 g/mol. The molecule has 0 aliphatic carbocycles. The smallest absolute Gasteiger partial charge is 0.296 e. The minimum absolute atomic E-state index is 0.0248. The van der Waals surface area contributed by atoms with Crippen molar-refractivity contribution in [1.82, 2.24) is 15.0 Å². The molecule has 1 aliphatic rings. The van der Waals surface area contributed by atoms with Gasteiger partial charge in [0.25, 0.3) is 7.41 Å². The van der Waals surface area contributed by atoms with E-state index in [1.165, 1.54) is 0 Å². The Hall–Kier alpha value is -1.05. The van der Waals surface area contributed by atoms with Gasteiger partial charge in [-0.15, -0.1) is 0 Å². The fourth-order valence-electron chi connectivity index (χ4n) is 7.19. The van der Waals surface area contributed by atoms with Crippen LogP contribution in [-0.2, 0) is 14.4 Å². The van der Waals surface area contributed by atoms with Gasteiger partial charge in [-0.05, 0) is 85.6 Å². The van der Waals surface area contributed by atoms with Crippen LogP contribution in [0.1, 0.15) is 129 Å². The standard InChI is InChI=1S/C32H61BN3O3/c1-15-24(16-2)26(38)25-20-35(14)22-36(29(9,10)21-28(25,7)8)32(13,19-5)30(11,17-3)27(39)33-34-31(12,18-4)23(6)37/h24-25,34H,15-22H2,1-14H3. The first kappa shape index (κ1) is 36.0. The van der Waals surface area contributed by atoms with E-state index in [-0.39, 0.29) is 34.3 Å². The summed E-state index contributed by atoms with van der Waals surface area (Å²) in [5, 5.41) is 3.20. The van der Waals surface area contributed by atoms with Gasteiger partial charge in [0.2, 0.25) is 0 Å². The largest absolute Gasteiger partial charge is 0.342 e. The van der Waals surface area contributed by atoms with Crippen molar-refractivity contribution in [2.75, 3.05) is 20.3 Å². The molecule has 1 heterocycles. The van der Waals surface area contributed by atoms with Crippen LogP contribution < -0.4 is 5.23 Å². The summed E-state index contributed by atoms with van der Waals surface area (Å²) in [6, 6.07) is 0. The lowest BCUT2D eigenvalue weighted by Gasteiger charge is -2.61. The van der Waals surface area contributed by atoms with E-state index in [4.69, 9.17) is 0 Å². The van der Waals surface area contributed by atoms with Crippen LogP contribution in [0.25, 0.3) is 0 Å². The van der Waals surface area contributed by atoms with Crippen LogP contribution in [0, 0.1) is 22.7 Å². The third kappa shape index (κ3) is 7.24. The molecular weight excluding hydrogens is 485 g/mol. The van der Waals surface area contributed by atoms with Crippen molar-refractivity contribution in [3.63, 3.8) is 0 Å². The topological polar surface area (TPSA) is 69.7 Å². The van der Waals surface area contributed by atoms with Crippen molar-refractivity contribution < 1.29 is 14.4 Å². The predicted octanol–water partition coefficient (Wildman–Crippen LogP) is 6.09. The number of nitrogens with zero attached hydrogens (tertiary/aromatic N) is 2. The van der Waals surface area contributed by atoms with Crippen LogP contribution in [0.3, 0.4) is 0 Å². The summed E-state index contributed by atoms with van der Waals surface area (Å²) >= 11 is 0. The van der Waals surface area contributed by atoms with Crippen LogP contribution in [0.5, 0.6) is 0 Å². The quantitative estimate of drug-likeness (QED) is 0.266. The Labute approximate surface area is 242 Å². The lowest BCUT2D eigenvalue weighted by atomic mass is 9.55. The molecule has 1 aliphatic heterocycles. The monoisotopic (exact) mass is 546 g/mol. The highest BCUT2D eigenvalue weighted by molar-refractivity contribution is 6.73. The molecule has 1 N–H and O–H groups in total. The van der Waals surface area contributed by atoms with E-state index >= 15 is 0 Å². The Bertz CT molecular complexity index is 871. The number of ketones is 2. The highest BCUT2D eigenvalue weighted by atomic mass is 16.1. The van der Waals surface area contributed by atoms with Gasteiger partial charge in [-0.2, -0.15) is 0 Å². The Morgan fingerprint density at radius 3 is 1.90 bits per heavy atom. The minimum atomic E-state index is -0.757. The fraction of sp³-hybridized carbons (Fsp3) is 0.906. The molecule has 4 unspecified atom stereocenters. The number of hydrogen-bond acceptors (Lipinski definition) is 6. The lowest BCUT2D eigenvalue weighted by molar-refractivity contribution is -0.153. The normalized spacial score (nSPS) is 25.1. The number of nitrogens with one attached hydrogen (secondary N) is 1. The third-order valence-corrected chi connectivity index (χ3v) is 10.9. The lowest BCUT2D eigenvalue weighted by Crippen LogP contribution is -2.70. The number of Topliss-reactive ketones (excluding diaryl/α,β-unsaturated/α-hetero) is 2. The highest BCUT2D eigenvalue weighted by Gasteiger charge is 2.56. The van der Waals surface area contributed by atoms with Gasteiger partial charge in [0.05, 0.1) is 12.2 Å². The molecule has 0 aromatic carbocycles. The van der Waals surface area contributed by atoms with E-state index < -0.39 is 16.5 Å². The first-order valence-electron chi connectivity index (χ1n) is 15.4. The molecule has 0 saturated carbocycles. The van der Waals surface area contributed by atoms with E-state index in [2.05, 4.69) is 91.3 Å². The van der Waals surface area contributed by atoms with Gasteiger partial charge in [0, 0.05) is 34.9 Å². The first-order chi connectivity index (χ1) is 17.8. The summed E-state index contributed by atoms with van der Waals surface area (Å²) in [7, 11) is 3.68. The summed E-state index contributed by atoms with van der Waals surface area (Å²) in [4.78, 5) is 44.9. The van der Waals surface area contributed by atoms with Crippen LogP contribution in [0.2, 0.25) is 0 Å². The Balaban J connectivity index is 3.52. The Morgan fingerprint density at radius 2 is 1.49 bits per heavy atom. The molecule has 1 rings (SSSR count). The summed E-state index contributed by atoms with van der Waals surface area (Å²) < 4.78 is 0. The number of hydrogen-bond donors (Lipinski definition) is 1. The van der Waals surface area contributed by atoms with Crippen molar-refractivity contribution in [1.29, 1.82) is 0 Å². The van der Waals surface area contributed by atoms with Crippen LogP contribution in [0.15, 0.2) is 0 Å². The maximum atomic E-state index is 14.1. The molecule has 0 amide bonds. The molecule has 6 nitrogen and oxygen atoms in total. The van der Waals surface area contributed by atoms with Crippen LogP contribution >= 0.6 is 0 Å². The SMILES string of the molecule is CCC(CC)C(=O)C1CN(C)CN(C(C)(CC)C(C)(CC)C(=O)[B]NC(C)(CC)C(C)=O)C(C)(C)CC1(C)C. The second-order valence-corrected chi connectivity index (χ2v) is 14.3. The van der Waals surface area contributed by atoms with E-state index in [9.17, 15) is 14.4 Å². The first-order valence-corrected chi connectivity index (χ1v) is 15.4. The molecule has 1 saturated heterocycles. The summed E-state index contributed by atoms with van der Waals surface area (Å²) in [6.45, 7) is 28.7. The van der Waals surface area contributed by atoms with E-state index in [0.29, 0.717) is 31.8 Å². The van der Waals surface area contributed by atoms with Gasteiger partial charge in [-0.1, -0.05) is 55.4 Å². The van der Waals surface area contributed by atoms with Gasteiger partial charge in [0.1, 0.15) is 17.2 Å². The number of carbonyl (C=O) groups is 3. The predicted molar refractivity (Wildman–Crippen MR) is 165 cm³/mol. The van der Waals surface area contributed by atoms with Gasteiger partial charge in [-0.3, -0.25) is 19.4 Å². The van der Waals surface area contributed by atoms with Gasteiger partial charge >= 0.3 is 0 Å². The maximum Gasteiger partial charge on any atom is 0.296 e. The molecule has 0 aromatic rings. The molecule has 39 heavy (non-hydrogen) atoms. The fourth-order valence-corrected chi connectivity index (χ4v) is 7.19. The molecule has 1 fully saturated rings. The zero-order valence-electron chi connectivity index (χ0n) is 28.0.